The molecule has 0 spiro atoms. The van der Waals surface area contributed by atoms with Crippen LogP contribution in [-0.4, -0.2) is 6.54 Å². The van der Waals surface area contributed by atoms with E-state index in [2.05, 4.69) is 15.9 Å². The molecule has 88 valence electrons. The van der Waals surface area contributed by atoms with Gasteiger partial charge in [0.25, 0.3) is 0 Å². The van der Waals surface area contributed by atoms with E-state index in [9.17, 15) is 4.39 Å². The number of nitrogens with two attached hydrogens (primary N) is 1. The third-order valence-corrected chi connectivity index (χ3v) is 3.32. The molecule has 0 saturated carbocycles. The fourth-order valence-electron chi connectivity index (χ4n) is 1.78. The minimum atomic E-state index is -0.210. The van der Waals surface area contributed by atoms with Crippen LogP contribution < -0.4 is 5.73 Å². The van der Waals surface area contributed by atoms with Crippen molar-refractivity contribution >= 4 is 15.9 Å². The van der Waals surface area contributed by atoms with Gasteiger partial charge in [0, 0.05) is 10.0 Å². The molecule has 0 aliphatic carbocycles. The molecule has 2 rings (SSSR count). The highest BCUT2D eigenvalue weighted by Crippen LogP contribution is 2.30. The van der Waals surface area contributed by atoms with Gasteiger partial charge in [0.15, 0.2) is 0 Å². The van der Waals surface area contributed by atoms with Crippen molar-refractivity contribution in [1.29, 1.82) is 0 Å². The van der Waals surface area contributed by atoms with Gasteiger partial charge in [-0.2, -0.15) is 0 Å². The topological polar surface area (TPSA) is 26.0 Å². The Morgan fingerprint density at radius 1 is 1.06 bits per heavy atom. The largest absolute Gasteiger partial charge is 0.330 e. The Morgan fingerprint density at radius 3 is 2.53 bits per heavy atom. The van der Waals surface area contributed by atoms with E-state index >= 15 is 0 Å². The van der Waals surface area contributed by atoms with Crippen LogP contribution in [0.2, 0.25) is 0 Å². The first-order valence-electron chi connectivity index (χ1n) is 5.46. The van der Waals surface area contributed by atoms with Crippen molar-refractivity contribution in [1.82, 2.24) is 0 Å². The van der Waals surface area contributed by atoms with Crippen molar-refractivity contribution in [3.8, 4) is 11.1 Å². The molecule has 1 nitrogen and oxygen atoms in total. The summed E-state index contributed by atoms with van der Waals surface area (Å²) in [5, 5.41) is 0. The summed E-state index contributed by atoms with van der Waals surface area (Å²) in [6.45, 7) is 0.570. The van der Waals surface area contributed by atoms with E-state index in [1.807, 2.05) is 30.3 Å². The van der Waals surface area contributed by atoms with Gasteiger partial charge in [-0.3, -0.25) is 0 Å². The van der Waals surface area contributed by atoms with Gasteiger partial charge in [0.2, 0.25) is 0 Å². The Kier molecular flexibility index (Phi) is 3.92. The Morgan fingerprint density at radius 2 is 1.82 bits per heavy atom. The van der Waals surface area contributed by atoms with Crippen LogP contribution in [0.15, 0.2) is 46.9 Å². The lowest BCUT2D eigenvalue weighted by atomic mass is 10.0. The molecule has 0 fully saturated rings. The first-order valence-corrected chi connectivity index (χ1v) is 6.25. The standard InChI is InChI=1S/C14H13BrFN/c15-13-4-2-1-3-11(13)12-9-10(7-8-17)5-6-14(12)16/h1-6,9H,7-8,17H2. The molecule has 0 saturated heterocycles. The predicted molar refractivity (Wildman–Crippen MR) is 72.3 cm³/mol. The van der Waals surface area contributed by atoms with Gasteiger partial charge in [-0.05, 0) is 42.3 Å². The number of hydrogen-bond acceptors (Lipinski definition) is 1. The van der Waals surface area contributed by atoms with Gasteiger partial charge >= 0.3 is 0 Å². The van der Waals surface area contributed by atoms with E-state index in [1.54, 1.807) is 6.07 Å². The molecule has 0 aromatic heterocycles. The van der Waals surface area contributed by atoms with Crippen LogP contribution in [0.4, 0.5) is 4.39 Å². The minimum absolute atomic E-state index is 0.210. The Bertz CT molecular complexity index is 525. The third kappa shape index (κ3) is 2.73. The molecular weight excluding hydrogens is 281 g/mol. The van der Waals surface area contributed by atoms with Crippen LogP contribution in [-0.2, 0) is 6.42 Å². The number of rotatable bonds is 3. The van der Waals surface area contributed by atoms with Gasteiger partial charge in [-0.15, -0.1) is 0 Å². The average molecular weight is 294 g/mol. The summed E-state index contributed by atoms with van der Waals surface area (Å²) in [5.74, 6) is -0.210. The molecule has 2 N–H and O–H groups in total. The highest BCUT2D eigenvalue weighted by Gasteiger charge is 2.08. The molecule has 17 heavy (non-hydrogen) atoms. The summed E-state index contributed by atoms with van der Waals surface area (Å²) in [4.78, 5) is 0. The van der Waals surface area contributed by atoms with Gasteiger partial charge in [0.1, 0.15) is 5.82 Å². The van der Waals surface area contributed by atoms with Gasteiger partial charge < -0.3 is 5.73 Å². The average Bonchev–Trinajstić information content (AvgIpc) is 2.33. The van der Waals surface area contributed by atoms with E-state index in [1.165, 1.54) is 6.07 Å². The summed E-state index contributed by atoms with van der Waals surface area (Å²) in [6.07, 6.45) is 0.762. The van der Waals surface area contributed by atoms with E-state index in [0.29, 0.717) is 12.1 Å². The summed E-state index contributed by atoms with van der Waals surface area (Å²) in [7, 11) is 0. The molecule has 2 aromatic rings. The molecule has 0 unspecified atom stereocenters. The fourth-order valence-corrected chi connectivity index (χ4v) is 2.28. The van der Waals surface area contributed by atoms with Gasteiger partial charge in [-0.1, -0.05) is 40.2 Å². The van der Waals surface area contributed by atoms with Crippen molar-refractivity contribution in [2.24, 2.45) is 5.73 Å². The molecule has 0 radical (unpaired) electrons. The normalized spacial score (nSPS) is 10.5. The van der Waals surface area contributed by atoms with Crippen LogP contribution in [0.3, 0.4) is 0 Å². The van der Waals surface area contributed by atoms with Crippen LogP contribution in [0, 0.1) is 5.82 Å². The van der Waals surface area contributed by atoms with E-state index in [-0.39, 0.29) is 5.82 Å². The SMILES string of the molecule is NCCc1ccc(F)c(-c2ccccc2Br)c1. The second-order valence-electron chi connectivity index (χ2n) is 3.83. The minimum Gasteiger partial charge on any atom is -0.330 e. The molecular formula is C14H13BrFN. The van der Waals surface area contributed by atoms with E-state index in [0.717, 1.165) is 22.0 Å². The summed E-state index contributed by atoms with van der Waals surface area (Å²) >= 11 is 3.44. The van der Waals surface area contributed by atoms with Crippen molar-refractivity contribution in [3.63, 3.8) is 0 Å². The Labute approximate surface area is 109 Å². The molecule has 0 amide bonds. The van der Waals surface area contributed by atoms with Gasteiger partial charge in [-0.25, -0.2) is 4.39 Å². The predicted octanol–water partition coefficient (Wildman–Crippen LogP) is 3.76. The number of halogens is 2. The molecule has 0 aliphatic rings. The zero-order chi connectivity index (χ0) is 12.3. The van der Waals surface area contributed by atoms with E-state index in [4.69, 9.17) is 5.73 Å². The van der Waals surface area contributed by atoms with Crippen molar-refractivity contribution in [2.75, 3.05) is 6.54 Å². The number of benzene rings is 2. The molecule has 2 aromatic carbocycles. The zero-order valence-corrected chi connectivity index (χ0v) is 10.9. The highest BCUT2D eigenvalue weighted by atomic mass is 79.9. The fraction of sp³-hybridized carbons (Fsp3) is 0.143. The molecule has 0 bridgehead atoms. The monoisotopic (exact) mass is 293 g/mol. The van der Waals surface area contributed by atoms with Crippen molar-refractivity contribution < 1.29 is 4.39 Å². The molecule has 0 heterocycles. The maximum absolute atomic E-state index is 13.8. The van der Waals surface area contributed by atoms with Crippen molar-refractivity contribution in [3.05, 3.63) is 58.3 Å². The van der Waals surface area contributed by atoms with Gasteiger partial charge in [0.05, 0.1) is 0 Å². The van der Waals surface area contributed by atoms with E-state index < -0.39 is 0 Å². The van der Waals surface area contributed by atoms with Crippen LogP contribution in [0.5, 0.6) is 0 Å². The molecule has 0 aliphatic heterocycles. The summed E-state index contributed by atoms with van der Waals surface area (Å²) in [6, 6.07) is 12.8. The highest BCUT2D eigenvalue weighted by molar-refractivity contribution is 9.10. The lowest BCUT2D eigenvalue weighted by molar-refractivity contribution is 0.630. The quantitative estimate of drug-likeness (QED) is 0.916. The lowest BCUT2D eigenvalue weighted by Gasteiger charge is -2.08. The smallest absolute Gasteiger partial charge is 0.131 e. The second-order valence-corrected chi connectivity index (χ2v) is 4.69. The first-order chi connectivity index (χ1) is 8.22. The number of hydrogen-bond donors (Lipinski definition) is 1. The van der Waals surface area contributed by atoms with Crippen LogP contribution in [0.1, 0.15) is 5.56 Å². The van der Waals surface area contributed by atoms with Crippen molar-refractivity contribution in [2.45, 2.75) is 6.42 Å². The molecule has 3 heteroatoms. The lowest BCUT2D eigenvalue weighted by Crippen LogP contribution is -2.03. The maximum atomic E-state index is 13.8. The van der Waals surface area contributed by atoms with Crippen LogP contribution in [0.25, 0.3) is 11.1 Å². The Balaban J connectivity index is 2.51. The summed E-state index contributed by atoms with van der Waals surface area (Å²) in [5.41, 5.74) is 8.05. The summed E-state index contributed by atoms with van der Waals surface area (Å²) < 4.78 is 14.7. The maximum Gasteiger partial charge on any atom is 0.131 e. The Hall–Kier alpha value is -1.19. The first kappa shape index (κ1) is 12.3. The second kappa shape index (κ2) is 5.43. The van der Waals surface area contributed by atoms with Crippen LogP contribution >= 0.6 is 15.9 Å². The zero-order valence-electron chi connectivity index (χ0n) is 9.29. The third-order valence-electron chi connectivity index (χ3n) is 2.63. The molecule has 0 atom stereocenters.